The molecule has 0 radical (unpaired) electrons. The molecular weight excluding hydrogens is 404 g/mol. The lowest BCUT2D eigenvalue weighted by Gasteiger charge is -2.40. The molecule has 1 aromatic heterocycles. The van der Waals surface area contributed by atoms with Crippen LogP contribution in [0.25, 0.3) is 0 Å². The fraction of sp³-hybridized carbons (Fsp3) is 0.640. The Morgan fingerprint density at radius 2 is 2.00 bits per heavy atom. The Balaban J connectivity index is 1.25. The van der Waals surface area contributed by atoms with E-state index in [1.54, 1.807) is 0 Å². The topological polar surface area (TPSA) is 49.3 Å². The van der Waals surface area contributed by atoms with Crippen LogP contribution in [0.2, 0.25) is 0 Å². The smallest absolute Gasteiger partial charge is 0.227 e. The Kier molecular flexibility index (Phi) is 5.32. The average molecular weight is 439 g/mol. The first kappa shape index (κ1) is 20.9. The van der Waals surface area contributed by atoms with Gasteiger partial charge in [-0.1, -0.05) is 51.1 Å². The number of piperidine rings is 1. The average Bonchev–Trinajstić information content (AvgIpc) is 3.29. The van der Waals surface area contributed by atoms with Crippen LogP contribution in [0.4, 0.5) is 5.13 Å². The third kappa shape index (κ3) is 4.36. The third-order valence-electron chi connectivity index (χ3n) is 7.40. The van der Waals surface area contributed by atoms with Crippen molar-refractivity contribution in [1.82, 2.24) is 14.3 Å². The monoisotopic (exact) mass is 438 g/mol. The summed E-state index contributed by atoms with van der Waals surface area (Å²) >= 11 is 1.48. The zero-order valence-corrected chi connectivity index (χ0v) is 19.8. The van der Waals surface area contributed by atoms with E-state index < -0.39 is 0 Å². The van der Waals surface area contributed by atoms with Gasteiger partial charge in [0.1, 0.15) is 5.82 Å². The fourth-order valence-corrected chi connectivity index (χ4v) is 7.25. The predicted molar refractivity (Wildman–Crippen MR) is 125 cm³/mol. The van der Waals surface area contributed by atoms with E-state index in [0.29, 0.717) is 22.8 Å². The maximum absolute atomic E-state index is 13.6. The molecule has 5 nitrogen and oxygen atoms in total. The number of anilines is 1. The van der Waals surface area contributed by atoms with Gasteiger partial charge in [-0.05, 0) is 48.5 Å². The predicted octanol–water partition coefficient (Wildman–Crippen LogP) is 4.77. The van der Waals surface area contributed by atoms with Gasteiger partial charge in [-0.3, -0.25) is 4.79 Å². The lowest BCUT2D eigenvalue weighted by molar-refractivity contribution is -0.137. The Morgan fingerprint density at radius 3 is 2.81 bits per heavy atom. The quantitative estimate of drug-likeness (QED) is 0.690. The molecule has 3 heterocycles. The Morgan fingerprint density at radius 1 is 1.19 bits per heavy atom. The minimum Gasteiger partial charge on any atom is -0.346 e. The Hall–Kier alpha value is -1.95. The normalized spacial score (nSPS) is 29.9. The van der Waals surface area contributed by atoms with Crippen LogP contribution in [0.5, 0.6) is 0 Å². The van der Waals surface area contributed by atoms with E-state index in [9.17, 15) is 4.79 Å². The third-order valence-corrected chi connectivity index (χ3v) is 8.22. The summed E-state index contributed by atoms with van der Waals surface area (Å²) in [5.74, 6) is 1.34. The van der Waals surface area contributed by atoms with Crippen molar-refractivity contribution in [3.8, 4) is 0 Å². The molecule has 3 atom stereocenters. The van der Waals surface area contributed by atoms with Crippen molar-refractivity contribution in [3.63, 3.8) is 0 Å². The number of rotatable bonds is 4. The molecule has 5 rings (SSSR count). The van der Waals surface area contributed by atoms with E-state index in [1.165, 1.54) is 29.9 Å². The van der Waals surface area contributed by atoms with Crippen LogP contribution in [-0.4, -0.2) is 45.8 Å². The van der Waals surface area contributed by atoms with Gasteiger partial charge in [0.2, 0.25) is 11.0 Å². The molecule has 166 valence electrons. The lowest BCUT2D eigenvalue weighted by atomic mass is 9.65. The Labute approximate surface area is 190 Å². The van der Waals surface area contributed by atoms with Gasteiger partial charge in [0.25, 0.3) is 0 Å². The molecule has 0 spiro atoms. The molecule has 6 heteroatoms. The first-order valence-electron chi connectivity index (χ1n) is 11.7. The van der Waals surface area contributed by atoms with Gasteiger partial charge >= 0.3 is 0 Å². The number of hydrogen-bond donors (Lipinski definition) is 0. The van der Waals surface area contributed by atoms with Crippen molar-refractivity contribution < 1.29 is 4.79 Å². The van der Waals surface area contributed by atoms with Crippen molar-refractivity contribution in [2.24, 2.45) is 16.7 Å². The minimum absolute atomic E-state index is 0.0845. The van der Waals surface area contributed by atoms with Crippen molar-refractivity contribution >= 4 is 22.6 Å². The van der Waals surface area contributed by atoms with Crippen LogP contribution in [-0.2, 0) is 11.2 Å². The zero-order valence-electron chi connectivity index (χ0n) is 19.0. The highest BCUT2D eigenvalue weighted by molar-refractivity contribution is 7.09. The fourth-order valence-electron chi connectivity index (χ4n) is 6.53. The van der Waals surface area contributed by atoms with Gasteiger partial charge in [-0.2, -0.15) is 4.37 Å². The molecule has 2 saturated heterocycles. The summed E-state index contributed by atoms with van der Waals surface area (Å²) in [7, 11) is 0. The molecule has 1 aliphatic carbocycles. The molecule has 31 heavy (non-hydrogen) atoms. The maximum atomic E-state index is 13.6. The number of likely N-dealkylation sites (tertiary alicyclic amines) is 1. The minimum atomic E-state index is 0.0845. The van der Waals surface area contributed by atoms with Crippen LogP contribution in [0, 0.1) is 16.7 Å². The number of hydrogen-bond acceptors (Lipinski definition) is 5. The standard InChI is InChI=1S/C25H34N4OS/c1-24(2)13-20-14-25(3,16-24)17-29(20)22(30)19-10-7-11-28(15-19)23-26-21(27-31-23)12-18-8-5-4-6-9-18/h4-6,8-9,19-20H,7,10-17H2,1-3H3. The Bertz CT molecular complexity index is 942. The molecule has 3 unspecified atom stereocenters. The maximum Gasteiger partial charge on any atom is 0.227 e. The van der Waals surface area contributed by atoms with Gasteiger partial charge in [0, 0.05) is 43.6 Å². The summed E-state index contributed by atoms with van der Waals surface area (Å²) < 4.78 is 4.60. The summed E-state index contributed by atoms with van der Waals surface area (Å²) in [6.45, 7) is 9.82. The number of carbonyl (C=O) groups excluding carboxylic acids is 1. The van der Waals surface area contributed by atoms with E-state index >= 15 is 0 Å². The second-order valence-corrected chi connectivity index (χ2v) is 11.9. The molecule has 3 aliphatic rings. The number of aromatic nitrogens is 2. The van der Waals surface area contributed by atoms with Crippen LogP contribution in [0.1, 0.15) is 64.3 Å². The molecule has 2 aromatic rings. The molecule has 3 fully saturated rings. The molecule has 1 amide bonds. The van der Waals surface area contributed by atoms with Gasteiger partial charge in [0.15, 0.2) is 0 Å². The second-order valence-electron chi connectivity index (χ2n) is 11.1. The number of amides is 1. The van der Waals surface area contributed by atoms with Gasteiger partial charge in [0.05, 0.1) is 5.92 Å². The van der Waals surface area contributed by atoms with Crippen molar-refractivity contribution in [3.05, 3.63) is 41.7 Å². The second kappa shape index (κ2) is 7.88. The highest BCUT2D eigenvalue weighted by atomic mass is 32.1. The van der Waals surface area contributed by atoms with Gasteiger partial charge in [-0.25, -0.2) is 4.98 Å². The van der Waals surface area contributed by atoms with Gasteiger partial charge < -0.3 is 9.80 Å². The van der Waals surface area contributed by atoms with Crippen molar-refractivity contribution in [2.45, 2.75) is 65.3 Å². The highest BCUT2D eigenvalue weighted by Gasteiger charge is 2.51. The lowest BCUT2D eigenvalue weighted by Crippen LogP contribution is -2.47. The van der Waals surface area contributed by atoms with Crippen molar-refractivity contribution in [2.75, 3.05) is 24.5 Å². The summed E-state index contributed by atoms with van der Waals surface area (Å²) in [6.07, 6.45) is 6.35. The van der Waals surface area contributed by atoms with Crippen LogP contribution >= 0.6 is 11.5 Å². The summed E-state index contributed by atoms with van der Waals surface area (Å²) in [4.78, 5) is 22.9. The number of carbonyl (C=O) groups is 1. The SMILES string of the molecule is CC1(C)CC2CC(C)(CN2C(=O)C2CCCN(c3nc(Cc4ccccc4)ns3)C2)C1. The summed E-state index contributed by atoms with van der Waals surface area (Å²) in [6, 6.07) is 10.8. The van der Waals surface area contributed by atoms with E-state index in [4.69, 9.17) is 4.98 Å². The van der Waals surface area contributed by atoms with Crippen molar-refractivity contribution in [1.29, 1.82) is 0 Å². The van der Waals surface area contributed by atoms with E-state index in [2.05, 4.69) is 59.2 Å². The number of fused-ring (bicyclic) bond motifs is 2. The van der Waals surface area contributed by atoms with Crippen LogP contribution < -0.4 is 4.90 Å². The highest BCUT2D eigenvalue weighted by Crippen LogP contribution is 2.52. The molecule has 1 aromatic carbocycles. The van der Waals surface area contributed by atoms with E-state index in [0.717, 1.165) is 56.3 Å². The van der Waals surface area contributed by atoms with Gasteiger partial charge in [-0.15, -0.1) is 0 Å². The van der Waals surface area contributed by atoms with Crippen LogP contribution in [0.15, 0.2) is 30.3 Å². The zero-order chi connectivity index (χ0) is 21.6. The first-order valence-corrected chi connectivity index (χ1v) is 12.5. The molecule has 0 N–H and O–H groups in total. The van der Waals surface area contributed by atoms with Crippen LogP contribution in [0.3, 0.4) is 0 Å². The molecule has 2 aliphatic heterocycles. The van der Waals surface area contributed by atoms with E-state index in [-0.39, 0.29) is 5.92 Å². The molecule has 1 saturated carbocycles. The number of benzene rings is 1. The first-order chi connectivity index (χ1) is 14.8. The number of nitrogens with zero attached hydrogens (tertiary/aromatic N) is 4. The molecular formula is C25H34N4OS. The van der Waals surface area contributed by atoms with E-state index in [1.807, 2.05) is 6.07 Å². The summed E-state index contributed by atoms with van der Waals surface area (Å²) in [5.41, 5.74) is 1.87. The summed E-state index contributed by atoms with van der Waals surface area (Å²) in [5, 5.41) is 0.969. The molecule has 2 bridgehead atoms. The largest absolute Gasteiger partial charge is 0.346 e.